The first-order chi connectivity index (χ1) is 8.79. The Bertz CT molecular complexity index is 657. The van der Waals surface area contributed by atoms with Gasteiger partial charge in [-0.3, -0.25) is 5.84 Å². The molecular weight excluding hydrogens is 228 g/mol. The third kappa shape index (κ3) is 1.70. The van der Waals surface area contributed by atoms with Gasteiger partial charge in [0.2, 0.25) is 0 Å². The van der Waals surface area contributed by atoms with Gasteiger partial charge in [0.25, 0.3) is 0 Å². The van der Waals surface area contributed by atoms with Crippen LogP contribution in [0.3, 0.4) is 0 Å². The van der Waals surface area contributed by atoms with E-state index in [-0.39, 0.29) is 6.04 Å². The van der Waals surface area contributed by atoms with Crippen molar-refractivity contribution < 1.29 is 4.42 Å². The summed E-state index contributed by atoms with van der Waals surface area (Å²) in [6.45, 7) is 2.02. The number of aromatic amines is 1. The number of benzene rings is 1. The highest BCUT2D eigenvalue weighted by molar-refractivity contribution is 5.81. The van der Waals surface area contributed by atoms with Crippen molar-refractivity contribution in [2.75, 3.05) is 0 Å². The Balaban J connectivity index is 2.11. The standard InChI is InChI=1S/C13H14N4O/c1-8-3-2-4-9-7-10(18-12(8)9)11(17-14)13-15-5-6-16-13/h2-7,11,17H,14H2,1H3,(H,15,16). The number of aromatic nitrogens is 2. The summed E-state index contributed by atoms with van der Waals surface area (Å²) >= 11 is 0. The van der Waals surface area contributed by atoms with Gasteiger partial charge in [-0.05, 0) is 18.6 Å². The molecule has 1 aromatic carbocycles. The Hall–Kier alpha value is -2.11. The van der Waals surface area contributed by atoms with Gasteiger partial charge in [0, 0.05) is 17.8 Å². The molecule has 5 heteroatoms. The lowest BCUT2D eigenvalue weighted by Crippen LogP contribution is -2.29. The van der Waals surface area contributed by atoms with Gasteiger partial charge in [-0.25, -0.2) is 10.4 Å². The highest BCUT2D eigenvalue weighted by atomic mass is 16.3. The fourth-order valence-electron chi connectivity index (χ4n) is 2.10. The fraction of sp³-hybridized carbons (Fsp3) is 0.154. The summed E-state index contributed by atoms with van der Waals surface area (Å²) in [5, 5.41) is 1.07. The number of nitrogens with two attached hydrogens (primary N) is 1. The van der Waals surface area contributed by atoms with E-state index < -0.39 is 0 Å². The number of H-pyrrole nitrogens is 1. The van der Waals surface area contributed by atoms with Crippen LogP contribution in [0.1, 0.15) is 23.2 Å². The minimum Gasteiger partial charge on any atom is -0.459 e. The molecule has 3 aromatic rings. The number of imidazole rings is 1. The fourth-order valence-corrected chi connectivity index (χ4v) is 2.10. The molecule has 0 aliphatic heterocycles. The van der Waals surface area contributed by atoms with E-state index in [2.05, 4.69) is 15.4 Å². The summed E-state index contributed by atoms with van der Waals surface area (Å²) < 4.78 is 5.87. The molecule has 2 aromatic heterocycles. The predicted octanol–water partition coefficient (Wildman–Crippen LogP) is 2.02. The minimum atomic E-state index is -0.271. The molecule has 3 rings (SSSR count). The van der Waals surface area contributed by atoms with Crippen LogP contribution in [0, 0.1) is 6.92 Å². The second kappa shape index (κ2) is 4.29. The van der Waals surface area contributed by atoms with Gasteiger partial charge in [0.1, 0.15) is 23.2 Å². The number of aryl methyl sites for hydroxylation is 1. The highest BCUT2D eigenvalue weighted by Gasteiger charge is 2.19. The smallest absolute Gasteiger partial charge is 0.137 e. The molecule has 0 fully saturated rings. The Morgan fingerprint density at radius 1 is 1.44 bits per heavy atom. The summed E-state index contributed by atoms with van der Waals surface area (Å²) in [6.07, 6.45) is 3.45. The summed E-state index contributed by atoms with van der Waals surface area (Å²) in [5.74, 6) is 7.06. The van der Waals surface area contributed by atoms with Crippen LogP contribution in [0.2, 0.25) is 0 Å². The summed E-state index contributed by atoms with van der Waals surface area (Å²) in [6, 6.07) is 7.76. The van der Waals surface area contributed by atoms with Crippen molar-refractivity contribution in [3.8, 4) is 0 Å². The third-order valence-electron chi connectivity index (χ3n) is 3.00. The van der Waals surface area contributed by atoms with Gasteiger partial charge in [-0.1, -0.05) is 18.2 Å². The Kier molecular flexibility index (Phi) is 2.62. The Morgan fingerprint density at radius 2 is 2.33 bits per heavy atom. The maximum Gasteiger partial charge on any atom is 0.137 e. The molecule has 0 radical (unpaired) electrons. The quantitative estimate of drug-likeness (QED) is 0.485. The molecule has 92 valence electrons. The molecule has 0 aliphatic carbocycles. The van der Waals surface area contributed by atoms with Crippen LogP contribution < -0.4 is 11.3 Å². The van der Waals surface area contributed by atoms with Crippen molar-refractivity contribution in [1.82, 2.24) is 15.4 Å². The monoisotopic (exact) mass is 242 g/mol. The molecule has 4 N–H and O–H groups in total. The van der Waals surface area contributed by atoms with Gasteiger partial charge in [-0.2, -0.15) is 0 Å². The lowest BCUT2D eigenvalue weighted by Gasteiger charge is -2.09. The van der Waals surface area contributed by atoms with Crippen molar-refractivity contribution >= 4 is 11.0 Å². The van der Waals surface area contributed by atoms with Crippen molar-refractivity contribution in [2.24, 2.45) is 5.84 Å². The van der Waals surface area contributed by atoms with E-state index in [1.54, 1.807) is 12.4 Å². The van der Waals surface area contributed by atoms with E-state index in [1.165, 1.54) is 0 Å². The van der Waals surface area contributed by atoms with Crippen molar-refractivity contribution in [3.63, 3.8) is 0 Å². The van der Waals surface area contributed by atoms with Gasteiger partial charge in [0.15, 0.2) is 0 Å². The van der Waals surface area contributed by atoms with E-state index in [0.29, 0.717) is 0 Å². The van der Waals surface area contributed by atoms with Gasteiger partial charge in [0.05, 0.1) is 0 Å². The van der Waals surface area contributed by atoms with E-state index in [4.69, 9.17) is 10.3 Å². The number of rotatable bonds is 3. The molecule has 0 amide bonds. The van der Waals surface area contributed by atoms with Crippen LogP contribution in [0.4, 0.5) is 0 Å². The van der Waals surface area contributed by atoms with Crippen LogP contribution in [-0.2, 0) is 0 Å². The highest BCUT2D eigenvalue weighted by Crippen LogP contribution is 2.28. The lowest BCUT2D eigenvalue weighted by molar-refractivity contribution is 0.465. The average Bonchev–Trinajstić information content (AvgIpc) is 3.00. The number of hydrazine groups is 1. The zero-order chi connectivity index (χ0) is 12.5. The molecule has 1 unspecified atom stereocenters. The zero-order valence-corrected chi connectivity index (χ0v) is 9.97. The molecule has 0 saturated carbocycles. The predicted molar refractivity (Wildman–Crippen MR) is 68.7 cm³/mol. The largest absolute Gasteiger partial charge is 0.459 e. The first-order valence-corrected chi connectivity index (χ1v) is 5.74. The first kappa shape index (κ1) is 11.0. The number of hydrogen-bond acceptors (Lipinski definition) is 4. The maximum atomic E-state index is 5.87. The van der Waals surface area contributed by atoms with E-state index >= 15 is 0 Å². The summed E-state index contributed by atoms with van der Waals surface area (Å²) in [5.41, 5.74) is 4.71. The van der Waals surface area contributed by atoms with Crippen LogP contribution in [0.15, 0.2) is 41.1 Å². The number of para-hydroxylation sites is 1. The van der Waals surface area contributed by atoms with Gasteiger partial charge < -0.3 is 9.40 Å². The average molecular weight is 242 g/mol. The van der Waals surface area contributed by atoms with Crippen LogP contribution in [-0.4, -0.2) is 9.97 Å². The number of furan rings is 1. The first-order valence-electron chi connectivity index (χ1n) is 5.74. The van der Waals surface area contributed by atoms with E-state index in [1.807, 2.05) is 31.2 Å². The SMILES string of the molecule is Cc1cccc2cc(C(NN)c3ncc[nH]3)oc12. The summed E-state index contributed by atoms with van der Waals surface area (Å²) in [7, 11) is 0. The molecule has 0 spiro atoms. The molecule has 5 nitrogen and oxygen atoms in total. The Morgan fingerprint density at radius 3 is 3.00 bits per heavy atom. The molecule has 0 aliphatic rings. The van der Waals surface area contributed by atoms with Gasteiger partial charge in [-0.15, -0.1) is 0 Å². The second-order valence-electron chi connectivity index (χ2n) is 4.22. The minimum absolute atomic E-state index is 0.271. The van der Waals surface area contributed by atoms with Crippen molar-refractivity contribution in [2.45, 2.75) is 13.0 Å². The van der Waals surface area contributed by atoms with Gasteiger partial charge >= 0.3 is 0 Å². The maximum absolute atomic E-state index is 5.87. The Labute approximate surface area is 104 Å². The third-order valence-corrected chi connectivity index (χ3v) is 3.00. The number of nitrogens with one attached hydrogen (secondary N) is 2. The number of fused-ring (bicyclic) bond motifs is 1. The molecular formula is C13H14N4O. The van der Waals surface area contributed by atoms with Crippen LogP contribution in [0.25, 0.3) is 11.0 Å². The summed E-state index contributed by atoms with van der Waals surface area (Å²) in [4.78, 5) is 7.23. The normalized spacial score (nSPS) is 13.0. The molecule has 2 heterocycles. The van der Waals surface area contributed by atoms with Crippen LogP contribution in [0.5, 0.6) is 0 Å². The van der Waals surface area contributed by atoms with Crippen LogP contribution >= 0.6 is 0 Å². The van der Waals surface area contributed by atoms with E-state index in [9.17, 15) is 0 Å². The zero-order valence-electron chi connectivity index (χ0n) is 9.97. The molecule has 1 atom stereocenters. The molecule has 18 heavy (non-hydrogen) atoms. The van der Waals surface area contributed by atoms with E-state index in [0.717, 1.165) is 28.1 Å². The topological polar surface area (TPSA) is 79.9 Å². The number of nitrogens with zero attached hydrogens (tertiary/aromatic N) is 1. The molecule has 0 bridgehead atoms. The number of hydrogen-bond donors (Lipinski definition) is 3. The van der Waals surface area contributed by atoms with Crippen molar-refractivity contribution in [1.29, 1.82) is 0 Å². The molecule has 0 saturated heterocycles. The van der Waals surface area contributed by atoms with Crippen molar-refractivity contribution in [3.05, 3.63) is 53.8 Å². The second-order valence-corrected chi connectivity index (χ2v) is 4.22. The lowest BCUT2D eigenvalue weighted by atomic mass is 10.1.